The van der Waals surface area contributed by atoms with E-state index in [1.807, 2.05) is 6.92 Å². The van der Waals surface area contributed by atoms with Crippen molar-refractivity contribution in [3.05, 3.63) is 11.7 Å². The third-order valence-corrected chi connectivity index (χ3v) is 4.22. The van der Waals surface area contributed by atoms with Gasteiger partial charge < -0.3 is 4.52 Å². The van der Waals surface area contributed by atoms with E-state index in [2.05, 4.69) is 26.9 Å². The normalized spacial score (nSPS) is 30.3. The van der Waals surface area contributed by atoms with Crippen LogP contribution in [0.5, 0.6) is 0 Å². The van der Waals surface area contributed by atoms with E-state index in [-0.39, 0.29) is 0 Å². The van der Waals surface area contributed by atoms with Crippen molar-refractivity contribution in [2.45, 2.75) is 51.7 Å². The number of aromatic nitrogens is 2. The van der Waals surface area contributed by atoms with Gasteiger partial charge in [-0.15, -0.1) is 0 Å². The van der Waals surface area contributed by atoms with Crippen LogP contribution in [0.4, 0.5) is 0 Å². The van der Waals surface area contributed by atoms with E-state index >= 15 is 0 Å². The first-order valence-electron chi connectivity index (χ1n) is 6.99. The topological polar surface area (TPSA) is 45.4 Å². The summed E-state index contributed by atoms with van der Waals surface area (Å²) in [6, 6.07) is 1.31. The number of fused-ring (bicyclic) bond motifs is 1. The molecule has 0 N–H and O–H groups in total. The lowest BCUT2D eigenvalue weighted by atomic mass is 9.97. The van der Waals surface area contributed by atoms with Crippen molar-refractivity contribution >= 4 is 0 Å². The summed E-state index contributed by atoms with van der Waals surface area (Å²) in [4.78, 5) is 9.45. The van der Waals surface area contributed by atoms with E-state index in [0.29, 0.717) is 6.04 Å². The standard InChI is InChI=1S/C13H22N4O/c1-10-7-16-6-4-3-5-12(16)8-17(10)9-13-14-11(2)15-18-13/h10,12H,3-9H2,1-2H3. The van der Waals surface area contributed by atoms with Gasteiger partial charge in [-0.1, -0.05) is 11.6 Å². The van der Waals surface area contributed by atoms with Crippen LogP contribution < -0.4 is 0 Å². The molecule has 5 heteroatoms. The molecule has 2 unspecified atom stereocenters. The minimum Gasteiger partial charge on any atom is -0.338 e. The number of aryl methyl sites for hydroxylation is 1. The Morgan fingerprint density at radius 1 is 1.33 bits per heavy atom. The minimum absolute atomic E-state index is 0.576. The summed E-state index contributed by atoms with van der Waals surface area (Å²) < 4.78 is 5.24. The van der Waals surface area contributed by atoms with E-state index in [9.17, 15) is 0 Å². The Labute approximate surface area is 108 Å². The first-order valence-corrected chi connectivity index (χ1v) is 6.99. The van der Waals surface area contributed by atoms with Gasteiger partial charge in [0.05, 0.1) is 6.54 Å². The van der Waals surface area contributed by atoms with Gasteiger partial charge in [-0.25, -0.2) is 0 Å². The van der Waals surface area contributed by atoms with Gasteiger partial charge in [-0.3, -0.25) is 9.80 Å². The monoisotopic (exact) mass is 250 g/mol. The second-order valence-electron chi connectivity index (χ2n) is 5.66. The molecule has 0 aromatic carbocycles. The summed E-state index contributed by atoms with van der Waals surface area (Å²) in [5.41, 5.74) is 0. The van der Waals surface area contributed by atoms with Crippen LogP contribution >= 0.6 is 0 Å². The van der Waals surface area contributed by atoms with Crippen molar-refractivity contribution in [2.75, 3.05) is 19.6 Å². The van der Waals surface area contributed by atoms with Crippen molar-refractivity contribution in [1.82, 2.24) is 19.9 Å². The fraction of sp³-hybridized carbons (Fsp3) is 0.846. The molecule has 3 heterocycles. The molecule has 0 amide bonds. The molecule has 0 spiro atoms. The highest BCUT2D eigenvalue weighted by Gasteiger charge is 2.33. The van der Waals surface area contributed by atoms with Crippen molar-refractivity contribution in [1.29, 1.82) is 0 Å². The smallest absolute Gasteiger partial charge is 0.240 e. The Balaban J connectivity index is 1.65. The van der Waals surface area contributed by atoms with Gasteiger partial charge >= 0.3 is 0 Å². The molecule has 2 aliphatic rings. The number of nitrogens with zero attached hydrogens (tertiary/aromatic N) is 4. The summed E-state index contributed by atoms with van der Waals surface area (Å²) in [7, 11) is 0. The quantitative estimate of drug-likeness (QED) is 0.794. The Bertz CT molecular complexity index is 405. The maximum absolute atomic E-state index is 5.24. The zero-order chi connectivity index (χ0) is 12.5. The number of piperazine rings is 1. The van der Waals surface area contributed by atoms with E-state index in [1.165, 1.54) is 32.4 Å². The van der Waals surface area contributed by atoms with Crippen LogP contribution in [0.15, 0.2) is 4.52 Å². The van der Waals surface area contributed by atoms with Crippen molar-refractivity contribution in [2.24, 2.45) is 0 Å². The first kappa shape index (κ1) is 12.1. The third-order valence-electron chi connectivity index (χ3n) is 4.22. The zero-order valence-electron chi connectivity index (χ0n) is 11.3. The van der Waals surface area contributed by atoms with E-state index in [0.717, 1.165) is 30.8 Å². The summed E-state index contributed by atoms with van der Waals surface area (Å²) in [6.07, 6.45) is 4.08. The number of hydrogen-bond donors (Lipinski definition) is 0. The lowest BCUT2D eigenvalue weighted by Crippen LogP contribution is -2.58. The molecule has 2 aliphatic heterocycles. The summed E-state index contributed by atoms with van der Waals surface area (Å²) in [5.74, 6) is 1.48. The Morgan fingerprint density at radius 2 is 2.22 bits per heavy atom. The van der Waals surface area contributed by atoms with E-state index in [1.54, 1.807) is 0 Å². The maximum Gasteiger partial charge on any atom is 0.240 e. The molecule has 1 aromatic heterocycles. The molecule has 2 saturated heterocycles. The van der Waals surface area contributed by atoms with Crippen LogP contribution in [0.25, 0.3) is 0 Å². The average molecular weight is 250 g/mol. The highest BCUT2D eigenvalue weighted by Crippen LogP contribution is 2.24. The van der Waals surface area contributed by atoms with Crippen LogP contribution in [0, 0.1) is 6.92 Å². The van der Waals surface area contributed by atoms with Gasteiger partial charge in [-0.05, 0) is 33.2 Å². The fourth-order valence-corrected chi connectivity index (χ4v) is 3.21. The summed E-state index contributed by atoms with van der Waals surface area (Å²) >= 11 is 0. The predicted molar refractivity (Wildman–Crippen MR) is 68.1 cm³/mol. The molecule has 3 rings (SSSR count). The van der Waals surface area contributed by atoms with Gasteiger partial charge in [-0.2, -0.15) is 4.98 Å². The maximum atomic E-state index is 5.24. The van der Waals surface area contributed by atoms with Crippen LogP contribution in [0.2, 0.25) is 0 Å². The molecule has 5 nitrogen and oxygen atoms in total. The molecular weight excluding hydrogens is 228 g/mol. The molecule has 1 aromatic rings. The highest BCUT2D eigenvalue weighted by molar-refractivity contribution is 4.91. The largest absolute Gasteiger partial charge is 0.338 e. The Morgan fingerprint density at radius 3 is 3.00 bits per heavy atom. The van der Waals surface area contributed by atoms with Gasteiger partial charge in [0.2, 0.25) is 5.89 Å². The van der Waals surface area contributed by atoms with Gasteiger partial charge in [0.15, 0.2) is 5.82 Å². The minimum atomic E-state index is 0.576. The molecule has 0 bridgehead atoms. The van der Waals surface area contributed by atoms with Crippen molar-refractivity contribution in [3.63, 3.8) is 0 Å². The number of hydrogen-bond acceptors (Lipinski definition) is 5. The van der Waals surface area contributed by atoms with E-state index < -0.39 is 0 Å². The van der Waals surface area contributed by atoms with Crippen molar-refractivity contribution < 1.29 is 4.52 Å². The molecule has 0 saturated carbocycles. The highest BCUT2D eigenvalue weighted by atomic mass is 16.5. The predicted octanol–water partition coefficient (Wildman–Crippen LogP) is 1.44. The van der Waals surface area contributed by atoms with Gasteiger partial charge in [0.25, 0.3) is 0 Å². The second-order valence-corrected chi connectivity index (χ2v) is 5.66. The van der Waals surface area contributed by atoms with Crippen LogP contribution in [0.1, 0.15) is 37.9 Å². The third kappa shape index (κ3) is 2.42. The average Bonchev–Trinajstić information content (AvgIpc) is 2.76. The molecule has 2 fully saturated rings. The summed E-state index contributed by atoms with van der Waals surface area (Å²) in [5, 5.41) is 3.87. The van der Waals surface area contributed by atoms with Crippen molar-refractivity contribution in [3.8, 4) is 0 Å². The molecular formula is C13H22N4O. The van der Waals surface area contributed by atoms with Crippen LogP contribution in [-0.4, -0.2) is 51.7 Å². The fourth-order valence-electron chi connectivity index (χ4n) is 3.21. The molecule has 100 valence electrons. The second kappa shape index (κ2) is 4.97. The zero-order valence-corrected chi connectivity index (χ0v) is 11.3. The lowest BCUT2D eigenvalue weighted by molar-refractivity contribution is 0.00644. The Hall–Kier alpha value is -0.940. The molecule has 2 atom stereocenters. The molecule has 18 heavy (non-hydrogen) atoms. The van der Waals surface area contributed by atoms with Crippen LogP contribution in [-0.2, 0) is 6.54 Å². The van der Waals surface area contributed by atoms with Gasteiger partial charge in [0, 0.05) is 25.2 Å². The first-order chi connectivity index (χ1) is 8.72. The Kier molecular flexibility index (Phi) is 3.35. The summed E-state index contributed by atoms with van der Waals surface area (Å²) in [6.45, 7) is 8.57. The van der Waals surface area contributed by atoms with Crippen LogP contribution in [0.3, 0.4) is 0 Å². The van der Waals surface area contributed by atoms with Gasteiger partial charge in [0.1, 0.15) is 0 Å². The molecule has 0 aliphatic carbocycles. The van der Waals surface area contributed by atoms with E-state index in [4.69, 9.17) is 4.52 Å². The SMILES string of the molecule is Cc1noc(CN2CC3CCCCN3CC2C)n1. The number of piperidine rings is 1. The lowest BCUT2D eigenvalue weighted by Gasteiger charge is -2.47. The number of rotatable bonds is 2. The molecule has 0 radical (unpaired) electrons.